The molecule has 0 saturated heterocycles. The van der Waals surface area contributed by atoms with Crippen LogP contribution in [0.15, 0.2) is 30.3 Å². The molecule has 1 aromatic rings. The van der Waals surface area contributed by atoms with Gasteiger partial charge in [-0.25, -0.2) is 14.4 Å². The third-order valence-electron chi connectivity index (χ3n) is 1.35. The van der Waals surface area contributed by atoms with Gasteiger partial charge in [0, 0.05) is 17.8 Å². The zero-order chi connectivity index (χ0) is 14.7. The molecule has 1 aromatic carbocycles. The molecule has 6 heteroatoms. The maximum atomic E-state index is 10.5. The Labute approximate surface area is 108 Å². The highest BCUT2D eigenvalue weighted by Crippen LogP contribution is 2.07. The molecule has 2 N–H and O–H groups in total. The van der Waals surface area contributed by atoms with Crippen LogP contribution in [0.2, 0.25) is 0 Å². The molecule has 0 aromatic heterocycles. The number of ether oxygens (including phenoxy) is 1. The summed E-state index contributed by atoms with van der Waals surface area (Å²) in [6.07, 6.45) is 4.80. The van der Waals surface area contributed by atoms with Crippen molar-refractivity contribution in [1.29, 1.82) is 0 Å². The number of hydrogen-bond acceptors (Lipinski definition) is 4. The molecule has 0 fully saturated rings. The molecule has 1 rings (SSSR count). The first-order chi connectivity index (χ1) is 8.95. The van der Waals surface area contributed by atoms with Gasteiger partial charge in [-0.05, 0) is 12.1 Å². The van der Waals surface area contributed by atoms with Crippen LogP contribution in [-0.4, -0.2) is 28.1 Å². The first kappa shape index (κ1) is 15.8. The van der Waals surface area contributed by atoms with Crippen molar-refractivity contribution in [2.24, 2.45) is 0 Å². The van der Waals surface area contributed by atoms with E-state index in [9.17, 15) is 14.4 Å². The largest absolute Gasteiger partial charge is 0.472 e. The Bertz CT molecular complexity index is 538. The smallest absolute Gasteiger partial charge is 0.389 e. The number of rotatable bonds is 1. The molecular formula is C13H8O6. The van der Waals surface area contributed by atoms with Crippen LogP contribution in [0.25, 0.3) is 0 Å². The fourth-order valence-electron chi connectivity index (χ4n) is 0.732. The lowest BCUT2D eigenvalue weighted by Crippen LogP contribution is -2.03. The molecule has 0 aliphatic heterocycles. The van der Waals surface area contributed by atoms with Crippen molar-refractivity contribution in [1.82, 2.24) is 0 Å². The van der Waals surface area contributed by atoms with Gasteiger partial charge in [-0.3, -0.25) is 0 Å². The highest BCUT2D eigenvalue weighted by molar-refractivity contribution is 5.96. The van der Waals surface area contributed by atoms with E-state index in [4.69, 9.17) is 16.6 Å². The van der Waals surface area contributed by atoms with Crippen molar-refractivity contribution in [3.63, 3.8) is 0 Å². The van der Waals surface area contributed by atoms with Gasteiger partial charge in [0.25, 0.3) is 0 Å². The fraction of sp³-hybridized carbons (Fsp3) is 0. The average molecular weight is 260 g/mol. The second-order valence-electron chi connectivity index (χ2n) is 2.71. The Morgan fingerprint density at radius 2 is 1.47 bits per heavy atom. The van der Waals surface area contributed by atoms with Crippen LogP contribution >= 0.6 is 0 Å². The molecule has 0 bridgehead atoms. The summed E-state index contributed by atoms with van der Waals surface area (Å²) in [6.45, 7) is 0. The summed E-state index contributed by atoms with van der Waals surface area (Å²) >= 11 is 0. The molecule has 19 heavy (non-hydrogen) atoms. The SMILES string of the molecule is C#CC(=O)Oc1ccccc1.O=C(O)C#CC(=O)O. The van der Waals surface area contributed by atoms with Crippen LogP contribution in [0.4, 0.5) is 0 Å². The number of terminal acetylenes is 1. The van der Waals surface area contributed by atoms with Gasteiger partial charge in [0.05, 0.1) is 0 Å². The van der Waals surface area contributed by atoms with Crippen molar-refractivity contribution in [2.75, 3.05) is 0 Å². The minimum absolute atomic E-state index is 0.468. The Kier molecular flexibility index (Phi) is 7.34. The monoisotopic (exact) mass is 260 g/mol. The standard InChI is InChI=1S/C9H6O2.C4H2O4/c1-2-9(10)11-8-6-4-3-5-7-8;5-3(6)1-2-4(7)8/h1,3-7H;(H,5,6)(H,7,8). The van der Waals surface area contributed by atoms with Gasteiger partial charge < -0.3 is 14.9 Å². The van der Waals surface area contributed by atoms with Gasteiger partial charge in [-0.2, -0.15) is 0 Å². The van der Waals surface area contributed by atoms with E-state index < -0.39 is 17.9 Å². The summed E-state index contributed by atoms with van der Waals surface area (Å²) in [4.78, 5) is 29.5. The number of carbonyl (C=O) groups is 3. The summed E-state index contributed by atoms with van der Waals surface area (Å²) in [5.41, 5.74) is 0. The third-order valence-corrected chi connectivity index (χ3v) is 1.35. The number of hydrogen-bond donors (Lipinski definition) is 2. The summed E-state index contributed by atoms with van der Waals surface area (Å²) in [5.74, 6) is 1.60. The number of carboxylic acid groups (broad SMARTS) is 2. The minimum Gasteiger partial charge on any atom is -0.472 e. The maximum absolute atomic E-state index is 10.5. The van der Waals surface area contributed by atoms with Gasteiger partial charge in [0.1, 0.15) is 5.75 Å². The number of carbonyl (C=O) groups excluding carboxylic acids is 1. The Balaban J connectivity index is 0.000000362. The molecule has 0 spiro atoms. The average Bonchev–Trinajstić information content (AvgIpc) is 2.38. The predicted molar refractivity (Wildman–Crippen MR) is 64.0 cm³/mol. The van der Waals surface area contributed by atoms with Gasteiger partial charge in [-0.15, -0.1) is 6.42 Å². The van der Waals surface area contributed by atoms with Crippen molar-refractivity contribution in [3.8, 4) is 29.9 Å². The van der Waals surface area contributed by atoms with E-state index in [0.717, 1.165) is 0 Å². The van der Waals surface area contributed by atoms with Crippen molar-refractivity contribution >= 4 is 17.9 Å². The zero-order valence-corrected chi connectivity index (χ0v) is 9.49. The molecule has 0 aliphatic carbocycles. The molecule has 6 nitrogen and oxygen atoms in total. The summed E-state index contributed by atoms with van der Waals surface area (Å²) in [6, 6.07) is 8.68. The minimum atomic E-state index is -1.44. The molecule has 0 heterocycles. The van der Waals surface area contributed by atoms with Crippen LogP contribution in [0.1, 0.15) is 0 Å². The predicted octanol–water partition coefficient (Wildman–Crippen LogP) is 0.384. The van der Waals surface area contributed by atoms with E-state index in [0.29, 0.717) is 5.75 Å². The topological polar surface area (TPSA) is 101 Å². The quantitative estimate of drug-likeness (QED) is 0.328. The van der Waals surface area contributed by atoms with Gasteiger partial charge >= 0.3 is 17.9 Å². The van der Waals surface area contributed by atoms with E-state index in [1.807, 2.05) is 12.0 Å². The van der Waals surface area contributed by atoms with Gasteiger partial charge in [0.15, 0.2) is 0 Å². The second-order valence-corrected chi connectivity index (χ2v) is 2.71. The first-order valence-electron chi connectivity index (χ1n) is 4.67. The molecule has 0 amide bonds. The number of esters is 1. The van der Waals surface area contributed by atoms with Crippen LogP contribution in [0.3, 0.4) is 0 Å². The lowest BCUT2D eigenvalue weighted by molar-refractivity contribution is -0.132. The number of benzene rings is 1. The number of aliphatic carboxylic acids is 2. The highest BCUT2D eigenvalue weighted by Gasteiger charge is 1.96. The summed E-state index contributed by atoms with van der Waals surface area (Å²) in [5, 5.41) is 15.5. The van der Waals surface area contributed by atoms with Crippen molar-refractivity contribution < 1.29 is 29.3 Å². The third kappa shape index (κ3) is 9.67. The molecular weight excluding hydrogens is 252 g/mol. The van der Waals surface area contributed by atoms with Crippen LogP contribution < -0.4 is 4.74 Å². The van der Waals surface area contributed by atoms with Crippen LogP contribution in [0.5, 0.6) is 5.75 Å². The molecule has 0 aliphatic rings. The molecule has 0 atom stereocenters. The lowest BCUT2D eigenvalue weighted by atomic mass is 10.3. The normalized spacial score (nSPS) is 7.53. The van der Waals surface area contributed by atoms with Crippen molar-refractivity contribution in [3.05, 3.63) is 30.3 Å². The summed E-state index contributed by atoms with van der Waals surface area (Å²) in [7, 11) is 0. The first-order valence-corrected chi connectivity index (χ1v) is 4.67. The fourth-order valence-corrected chi connectivity index (χ4v) is 0.732. The van der Waals surface area contributed by atoms with E-state index in [1.54, 1.807) is 24.3 Å². The van der Waals surface area contributed by atoms with E-state index in [1.165, 1.54) is 11.8 Å². The Morgan fingerprint density at radius 3 is 1.84 bits per heavy atom. The number of carboxylic acids is 2. The second kappa shape index (κ2) is 8.85. The van der Waals surface area contributed by atoms with Crippen molar-refractivity contribution in [2.45, 2.75) is 0 Å². The number of para-hydroxylation sites is 1. The molecule has 96 valence electrons. The zero-order valence-electron chi connectivity index (χ0n) is 9.49. The molecule has 0 unspecified atom stereocenters. The Hall–Kier alpha value is -3.25. The molecule has 0 radical (unpaired) electrons. The van der Waals surface area contributed by atoms with Gasteiger partial charge in [-0.1, -0.05) is 18.2 Å². The maximum Gasteiger partial charge on any atom is 0.389 e. The lowest BCUT2D eigenvalue weighted by Gasteiger charge is -1.96. The highest BCUT2D eigenvalue weighted by atomic mass is 16.5. The van der Waals surface area contributed by atoms with E-state index >= 15 is 0 Å². The van der Waals surface area contributed by atoms with Crippen LogP contribution in [-0.2, 0) is 14.4 Å². The summed E-state index contributed by atoms with van der Waals surface area (Å²) < 4.78 is 4.69. The molecule has 0 saturated carbocycles. The van der Waals surface area contributed by atoms with Gasteiger partial charge in [0.2, 0.25) is 0 Å². The van der Waals surface area contributed by atoms with E-state index in [-0.39, 0.29) is 0 Å². The van der Waals surface area contributed by atoms with Crippen LogP contribution in [0, 0.1) is 24.2 Å². The van der Waals surface area contributed by atoms with E-state index in [2.05, 4.69) is 4.74 Å². The Morgan fingerprint density at radius 1 is 1.00 bits per heavy atom.